The van der Waals surface area contributed by atoms with Crippen LogP contribution >= 0.6 is 0 Å². The van der Waals surface area contributed by atoms with Gasteiger partial charge in [0, 0.05) is 11.6 Å². The topological polar surface area (TPSA) is 55.1 Å². The van der Waals surface area contributed by atoms with E-state index < -0.39 is 5.82 Å². The van der Waals surface area contributed by atoms with Gasteiger partial charge in [0.2, 0.25) is 5.91 Å². The number of amides is 1. The van der Waals surface area contributed by atoms with Gasteiger partial charge in [-0.15, -0.1) is 0 Å². The number of rotatable bonds is 2. The van der Waals surface area contributed by atoms with Crippen molar-refractivity contribution in [1.29, 1.82) is 0 Å². The fraction of sp³-hybridized carbons (Fsp3) is 0.471. The van der Waals surface area contributed by atoms with E-state index in [0.717, 1.165) is 12.3 Å². The van der Waals surface area contributed by atoms with Crippen LogP contribution in [-0.2, 0) is 4.79 Å². The molecule has 0 saturated heterocycles. The summed E-state index contributed by atoms with van der Waals surface area (Å²) in [6.07, 6.45) is 4.62. The first kappa shape index (κ1) is 14.1. The van der Waals surface area contributed by atoms with Crippen LogP contribution in [0.3, 0.4) is 0 Å². The lowest BCUT2D eigenvalue weighted by molar-refractivity contribution is -0.121. The molecule has 2 saturated carbocycles. The van der Waals surface area contributed by atoms with Crippen LogP contribution in [0.4, 0.5) is 10.1 Å². The van der Waals surface area contributed by atoms with Gasteiger partial charge in [-0.05, 0) is 49.3 Å². The van der Waals surface area contributed by atoms with Crippen LogP contribution < -0.4 is 11.1 Å². The Balaban J connectivity index is 1.71. The molecule has 1 amide bonds. The SMILES string of the molecule is NCC#Cc1cc(NC(=O)C2CC3CCC2C3)ccc1F. The van der Waals surface area contributed by atoms with E-state index in [1.54, 1.807) is 12.1 Å². The van der Waals surface area contributed by atoms with Crippen molar-refractivity contribution >= 4 is 11.6 Å². The largest absolute Gasteiger partial charge is 0.326 e. The van der Waals surface area contributed by atoms with Gasteiger partial charge >= 0.3 is 0 Å². The number of carbonyl (C=O) groups is 1. The zero-order valence-electron chi connectivity index (χ0n) is 11.9. The fourth-order valence-corrected chi connectivity index (χ4v) is 3.65. The van der Waals surface area contributed by atoms with Crippen LogP contribution in [0.25, 0.3) is 0 Å². The van der Waals surface area contributed by atoms with Crippen LogP contribution in [0, 0.1) is 35.4 Å². The molecule has 2 aliphatic carbocycles. The van der Waals surface area contributed by atoms with Crippen molar-refractivity contribution in [1.82, 2.24) is 0 Å². The Kier molecular flexibility index (Phi) is 3.94. The quantitative estimate of drug-likeness (QED) is 0.821. The molecule has 3 N–H and O–H groups in total. The zero-order chi connectivity index (χ0) is 14.8. The van der Waals surface area contributed by atoms with E-state index in [-0.39, 0.29) is 23.9 Å². The highest BCUT2D eigenvalue weighted by atomic mass is 19.1. The highest BCUT2D eigenvalue weighted by molar-refractivity contribution is 5.93. The lowest BCUT2D eigenvalue weighted by Crippen LogP contribution is -2.27. The highest BCUT2D eigenvalue weighted by Crippen LogP contribution is 2.48. The maximum atomic E-state index is 13.6. The van der Waals surface area contributed by atoms with E-state index in [9.17, 15) is 9.18 Å². The Hall–Kier alpha value is -1.86. The van der Waals surface area contributed by atoms with E-state index in [0.29, 0.717) is 11.6 Å². The van der Waals surface area contributed by atoms with Gasteiger partial charge in [-0.2, -0.15) is 0 Å². The molecule has 1 aromatic carbocycles. The lowest BCUT2D eigenvalue weighted by Gasteiger charge is -2.20. The minimum absolute atomic E-state index is 0.0616. The average molecular weight is 286 g/mol. The fourth-order valence-electron chi connectivity index (χ4n) is 3.65. The molecule has 0 aliphatic heterocycles. The summed E-state index contributed by atoms with van der Waals surface area (Å²) in [6, 6.07) is 4.48. The third-order valence-electron chi connectivity index (χ3n) is 4.63. The van der Waals surface area contributed by atoms with Gasteiger partial charge in [0.05, 0.1) is 12.1 Å². The number of hydrogen-bond donors (Lipinski definition) is 2. The smallest absolute Gasteiger partial charge is 0.227 e. The second kappa shape index (κ2) is 5.87. The summed E-state index contributed by atoms with van der Waals surface area (Å²) in [6.45, 7) is 0.182. The lowest BCUT2D eigenvalue weighted by atomic mass is 9.88. The number of anilines is 1. The van der Waals surface area contributed by atoms with E-state index in [1.807, 2.05) is 0 Å². The second-order valence-corrected chi connectivity index (χ2v) is 5.97. The molecule has 3 rings (SSSR count). The maximum Gasteiger partial charge on any atom is 0.227 e. The van der Waals surface area contributed by atoms with Gasteiger partial charge in [-0.1, -0.05) is 18.3 Å². The molecule has 1 aromatic rings. The third-order valence-corrected chi connectivity index (χ3v) is 4.63. The van der Waals surface area contributed by atoms with Gasteiger partial charge in [0.1, 0.15) is 5.82 Å². The normalized spacial score (nSPS) is 26.3. The summed E-state index contributed by atoms with van der Waals surface area (Å²) in [7, 11) is 0. The van der Waals surface area contributed by atoms with E-state index in [4.69, 9.17) is 5.73 Å². The molecular weight excluding hydrogens is 267 g/mol. The van der Waals surface area contributed by atoms with Gasteiger partial charge in [-0.3, -0.25) is 4.79 Å². The first-order chi connectivity index (χ1) is 10.2. The van der Waals surface area contributed by atoms with Gasteiger partial charge in [-0.25, -0.2) is 4.39 Å². The molecule has 0 aromatic heterocycles. The Morgan fingerprint density at radius 1 is 1.38 bits per heavy atom. The standard InChI is InChI=1S/C17H19FN2O/c18-16-6-5-14(10-13(16)2-1-7-19)20-17(21)15-9-11-3-4-12(15)8-11/h5-6,10-12,15H,3-4,7-9,19H2,(H,20,21). The average Bonchev–Trinajstić information content (AvgIpc) is 3.10. The zero-order valence-corrected chi connectivity index (χ0v) is 11.9. The Labute approximate surface area is 124 Å². The van der Waals surface area contributed by atoms with Crippen molar-refractivity contribution in [2.24, 2.45) is 23.5 Å². The number of nitrogens with two attached hydrogens (primary N) is 1. The molecule has 3 unspecified atom stereocenters. The summed E-state index contributed by atoms with van der Waals surface area (Å²) in [5.74, 6) is 6.36. The van der Waals surface area contributed by atoms with Crippen molar-refractivity contribution in [2.75, 3.05) is 11.9 Å². The third kappa shape index (κ3) is 2.93. The van der Waals surface area contributed by atoms with Crippen molar-refractivity contribution < 1.29 is 9.18 Å². The minimum Gasteiger partial charge on any atom is -0.326 e. The first-order valence-corrected chi connectivity index (χ1v) is 7.46. The molecule has 2 aliphatic rings. The summed E-state index contributed by atoms with van der Waals surface area (Å²) in [5, 5.41) is 2.91. The van der Waals surface area contributed by atoms with E-state index >= 15 is 0 Å². The van der Waals surface area contributed by atoms with Crippen LogP contribution in [0.5, 0.6) is 0 Å². The van der Waals surface area contributed by atoms with Crippen molar-refractivity contribution in [2.45, 2.75) is 25.7 Å². The van der Waals surface area contributed by atoms with Gasteiger partial charge in [0.15, 0.2) is 0 Å². The predicted molar refractivity (Wildman–Crippen MR) is 79.9 cm³/mol. The number of carbonyl (C=O) groups excluding carboxylic acids is 1. The minimum atomic E-state index is -0.395. The second-order valence-electron chi connectivity index (χ2n) is 5.97. The summed E-state index contributed by atoms with van der Waals surface area (Å²) >= 11 is 0. The number of fused-ring (bicyclic) bond motifs is 2. The van der Waals surface area contributed by atoms with Crippen molar-refractivity contribution in [3.8, 4) is 11.8 Å². The number of halogens is 1. The molecule has 0 heterocycles. The van der Waals surface area contributed by atoms with E-state index in [2.05, 4.69) is 17.2 Å². The predicted octanol–water partition coefficient (Wildman–Crippen LogP) is 2.51. The number of nitrogens with one attached hydrogen (secondary N) is 1. The van der Waals surface area contributed by atoms with E-state index in [1.165, 1.54) is 25.3 Å². The number of hydrogen-bond acceptors (Lipinski definition) is 2. The molecular formula is C17H19FN2O. The maximum absolute atomic E-state index is 13.6. The summed E-state index contributed by atoms with van der Waals surface area (Å²) < 4.78 is 13.6. The van der Waals surface area contributed by atoms with Crippen LogP contribution in [0.15, 0.2) is 18.2 Å². The monoisotopic (exact) mass is 286 g/mol. The number of benzene rings is 1. The van der Waals surface area contributed by atoms with Gasteiger partial charge in [0.25, 0.3) is 0 Å². The molecule has 110 valence electrons. The Morgan fingerprint density at radius 3 is 2.90 bits per heavy atom. The molecule has 0 spiro atoms. The molecule has 3 nitrogen and oxygen atoms in total. The van der Waals surface area contributed by atoms with Crippen LogP contribution in [-0.4, -0.2) is 12.5 Å². The molecule has 0 radical (unpaired) electrons. The summed E-state index contributed by atoms with van der Waals surface area (Å²) in [5.41, 5.74) is 6.17. The van der Waals surface area contributed by atoms with Crippen LogP contribution in [0.1, 0.15) is 31.2 Å². The highest BCUT2D eigenvalue weighted by Gasteiger charge is 2.42. The molecule has 4 heteroatoms. The first-order valence-electron chi connectivity index (χ1n) is 7.46. The van der Waals surface area contributed by atoms with Crippen molar-refractivity contribution in [3.05, 3.63) is 29.6 Å². The van der Waals surface area contributed by atoms with Crippen molar-refractivity contribution in [3.63, 3.8) is 0 Å². The Bertz CT molecular complexity index is 617. The Morgan fingerprint density at radius 2 is 2.24 bits per heavy atom. The molecule has 3 atom stereocenters. The van der Waals surface area contributed by atoms with Crippen LogP contribution in [0.2, 0.25) is 0 Å². The molecule has 2 bridgehead atoms. The molecule has 2 fully saturated rings. The van der Waals surface area contributed by atoms with Gasteiger partial charge < -0.3 is 11.1 Å². The molecule has 21 heavy (non-hydrogen) atoms. The summed E-state index contributed by atoms with van der Waals surface area (Å²) in [4.78, 5) is 12.4.